The molecule has 0 bridgehead atoms. The van der Waals surface area contributed by atoms with Gasteiger partial charge < -0.3 is 5.11 Å². The number of hydrogen-bond acceptors (Lipinski definition) is 2. The van der Waals surface area contributed by atoms with Gasteiger partial charge in [-0.1, -0.05) is 35.9 Å². The second-order valence-electron chi connectivity index (χ2n) is 2.52. The number of aryl methyl sites for hydroxylation is 1. The van der Waals surface area contributed by atoms with Gasteiger partial charge in [0, 0.05) is 6.92 Å². The van der Waals surface area contributed by atoms with Crippen molar-refractivity contribution in [2.45, 2.75) is 13.8 Å². The highest BCUT2D eigenvalue weighted by atomic mass is 16.4. The normalized spacial score (nSPS) is 8.15. The molecule has 0 saturated carbocycles. The van der Waals surface area contributed by atoms with Crippen molar-refractivity contribution < 1.29 is 14.7 Å². The largest absolute Gasteiger partial charge is 0.476 e. The predicted molar refractivity (Wildman–Crippen MR) is 49.5 cm³/mol. The van der Waals surface area contributed by atoms with E-state index in [4.69, 9.17) is 5.11 Å². The molecule has 13 heavy (non-hydrogen) atoms. The molecule has 0 atom stereocenters. The second-order valence-corrected chi connectivity index (χ2v) is 2.52. The molecule has 0 spiro atoms. The molecule has 0 fully saturated rings. The summed E-state index contributed by atoms with van der Waals surface area (Å²) in [5.41, 5.74) is 1.32. The van der Waals surface area contributed by atoms with Crippen LogP contribution in [-0.4, -0.2) is 16.9 Å². The van der Waals surface area contributed by atoms with Crippen LogP contribution >= 0.6 is 0 Å². The van der Waals surface area contributed by atoms with Crippen molar-refractivity contribution >= 4 is 11.8 Å². The maximum Gasteiger partial charge on any atom is 0.371 e. The van der Waals surface area contributed by atoms with Gasteiger partial charge in [0.1, 0.15) is 0 Å². The number of rotatable bonds is 1. The first kappa shape index (κ1) is 11.4. The Labute approximate surface area is 77.0 Å². The lowest BCUT2D eigenvalue weighted by Crippen LogP contribution is -2.05. The van der Waals surface area contributed by atoms with Crippen LogP contribution in [0.5, 0.6) is 0 Å². The van der Waals surface area contributed by atoms with E-state index < -0.39 is 11.8 Å². The Hall–Kier alpha value is -1.64. The summed E-state index contributed by atoms with van der Waals surface area (Å²) >= 11 is 0. The Kier molecular flexibility index (Phi) is 5.19. The van der Waals surface area contributed by atoms with Crippen molar-refractivity contribution in [1.29, 1.82) is 0 Å². The number of carbonyl (C=O) groups is 2. The third kappa shape index (κ3) is 6.75. The Bertz CT molecular complexity index is 265. The lowest BCUT2D eigenvalue weighted by atomic mass is 10.2. The van der Waals surface area contributed by atoms with Crippen molar-refractivity contribution in [1.82, 2.24) is 0 Å². The number of hydrogen-bond donors (Lipinski definition) is 1. The average molecular weight is 180 g/mol. The van der Waals surface area contributed by atoms with Crippen LogP contribution in [0.3, 0.4) is 0 Å². The van der Waals surface area contributed by atoms with E-state index in [2.05, 4.69) is 19.1 Å². The van der Waals surface area contributed by atoms with Crippen molar-refractivity contribution in [3.8, 4) is 0 Å². The van der Waals surface area contributed by atoms with Gasteiger partial charge in [-0.3, -0.25) is 4.79 Å². The Morgan fingerprint density at radius 3 is 1.69 bits per heavy atom. The second kappa shape index (κ2) is 5.94. The summed E-state index contributed by atoms with van der Waals surface area (Å²) in [6, 6.07) is 10.3. The Balaban J connectivity index is 0.000000226. The summed E-state index contributed by atoms with van der Waals surface area (Å²) in [6.07, 6.45) is 0. The van der Waals surface area contributed by atoms with E-state index >= 15 is 0 Å². The lowest BCUT2D eigenvalue weighted by Gasteiger charge is -1.82. The summed E-state index contributed by atoms with van der Waals surface area (Å²) in [4.78, 5) is 18.9. The fraction of sp³-hybridized carbons (Fsp3) is 0.200. The van der Waals surface area contributed by atoms with Gasteiger partial charge in [-0.05, 0) is 6.92 Å². The standard InChI is InChI=1S/C7H8.C3H4O3/c1-7-5-3-2-4-6-7;1-2(4)3(5)6/h2-6H,1H3;1H3,(H,5,6). The number of carboxylic acid groups (broad SMARTS) is 1. The molecule has 0 heterocycles. The van der Waals surface area contributed by atoms with E-state index in [1.165, 1.54) is 5.56 Å². The monoisotopic (exact) mass is 180 g/mol. The molecule has 0 aliphatic rings. The maximum atomic E-state index is 9.54. The van der Waals surface area contributed by atoms with Crippen LogP contribution < -0.4 is 0 Å². The topological polar surface area (TPSA) is 54.4 Å². The number of benzene rings is 1. The van der Waals surface area contributed by atoms with Crippen LogP contribution in [0.4, 0.5) is 0 Å². The van der Waals surface area contributed by atoms with Gasteiger partial charge in [-0.15, -0.1) is 0 Å². The maximum absolute atomic E-state index is 9.54. The zero-order chi connectivity index (χ0) is 10.3. The molecule has 70 valence electrons. The molecule has 0 radical (unpaired) electrons. The van der Waals surface area contributed by atoms with Crippen LogP contribution in [0.25, 0.3) is 0 Å². The minimum absolute atomic E-state index is 0.824. The molecular weight excluding hydrogens is 168 g/mol. The minimum atomic E-state index is -1.38. The van der Waals surface area contributed by atoms with Crippen LogP contribution in [0.2, 0.25) is 0 Å². The highest BCUT2D eigenvalue weighted by molar-refractivity contribution is 6.31. The van der Waals surface area contributed by atoms with Gasteiger partial charge in [0.15, 0.2) is 0 Å². The molecule has 3 heteroatoms. The van der Waals surface area contributed by atoms with E-state index in [-0.39, 0.29) is 0 Å². The summed E-state index contributed by atoms with van der Waals surface area (Å²) in [5.74, 6) is -2.20. The first-order valence-corrected chi connectivity index (χ1v) is 3.79. The third-order valence-corrected chi connectivity index (χ3v) is 1.24. The lowest BCUT2D eigenvalue weighted by molar-refractivity contribution is -0.148. The van der Waals surface area contributed by atoms with Crippen LogP contribution in [0.15, 0.2) is 30.3 Å². The quantitative estimate of drug-likeness (QED) is 0.668. The van der Waals surface area contributed by atoms with Crippen molar-refractivity contribution in [2.75, 3.05) is 0 Å². The number of carbonyl (C=O) groups excluding carboxylic acids is 1. The fourth-order valence-corrected chi connectivity index (χ4v) is 0.534. The average Bonchev–Trinajstić information content (AvgIpc) is 2.06. The summed E-state index contributed by atoms with van der Waals surface area (Å²) in [7, 11) is 0. The van der Waals surface area contributed by atoms with Crippen LogP contribution in [-0.2, 0) is 9.59 Å². The van der Waals surface area contributed by atoms with Crippen molar-refractivity contribution in [3.05, 3.63) is 35.9 Å². The van der Waals surface area contributed by atoms with Gasteiger partial charge in [0.25, 0.3) is 0 Å². The summed E-state index contributed by atoms with van der Waals surface area (Å²) in [5, 5.41) is 7.64. The Morgan fingerprint density at radius 2 is 1.54 bits per heavy atom. The molecule has 0 saturated heterocycles. The van der Waals surface area contributed by atoms with Crippen molar-refractivity contribution in [2.24, 2.45) is 0 Å². The number of ketones is 1. The smallest absolute Gasteiger partial charge is 0.371 e. The van der Waals surface area contributed by atoms with Gasteiger partial charge in [0.05, 0.1) is 0 Å². The fourth-order valence-electron chi connectivity index (χ4n) is 0.534. The minimum Gasteiger partial charge on any atom is -0.476 e. The molecule has 0 aliphatic heterocycles. The summed E-state index contributed by atoms with van der Waals surface area (Å²) < 4.78 is 0. The van der Waals surface area contributed by atoms with Crippen LogP contribution in [0, 0.1) is 6.92 Å². The molecule has 3 nitrogen and oxygen atoms in total. The molecule has 1 aromatic rings. The van der Waals surface area contributed by atoms with Gasteiger partial charge in [0.2, 0.25) is 5.78 Å². The number of aliphatic carboxylic acids is 1. The SMILES string of the molecule is CC(=O)C(=O)O.Cc1ccccc1. The van der Waals surface area contributed by atoms with E-state index in [9.17, 15) is 9.59 Å². The van der Waals surface area contributed by atoms with E-state index in [1.807, 2.05) is 18.2 Å². The molecule has 0 unspecified atom stereocenters. The molecule has 0 aromatic heterocycles. The van der Waals surface area contributed by atoms with Gasteiger partial charge >= 0.3 is 5.97 Å². The Morgan fingerprint density at radius 1 is 1.15 bits per heavy atom. The number of carboxylic acids is 1. The third-order valence-electron chi connectivity index (χ3n) is 1.24. The number of Topliss-reactive ketones (excluding diaryl/α,β-unsaturated/α-hetero) is 1. The predicted octanol–water partition coefficient (Wildman–Crippen LogP) is 1.66. The van der Waals surface area contributed by atoms with Crippen molar-refractivity contribution in [3.63, 3.8) is 0 Å². The highest BCUT2D eigenvalue weighted by Gasteiger charge is 1.98. The van der Waals surface area contributed by atoms with Crippen LogP contribution in [0.1, 0.15) is 12.5 Å². The van der Waals surface area contributed by atoms with E-state index in [0.29, 0.717) is 0 Å². The molecule has 1 aromatic carbocycles. The van der Waals surface area contributed by atoms with E-state index in [1.54, 1.807) is 0 Å². The first-order chi connectivity index (χ1) is 6.04. The molecule has 0 amide bonds. The zero-order valence-electron chi connectivity index (χ0n) is 7.65. The summed E-state index contributed by atoms with van der Waals surface area (Å²) in [6.45, 7) is 3.09. The molecule has 1 N–H and O–H groups in total. The van der Waals surface area contributed by atoms with E-state index in [0.717, 1.165) is 6.92 Å². The molecule has 1 rings (SSSR count). The highest BCUT2D eigenvalue weighted by Crippen LogP contribution is 1.92. The first-order valence-electron chi connectivity index (χ1n) is 3.79. The molecular formula is C10H12O3. The molecule has 0 aliphatic carbocycles. The zero-order valence-corrected chi connectivity index (χ0v) is 7.65. The van der Waals surface area contributed by atoms with Gasteiger partial charge in [-0.25, -0.2) is 4.79 Å². The van der Waals surface area contributed by atoms with Gasteiger partial charge in [-0.2, -0.15) is 0 Å².